The summed E-state index contributed by atoms with van der Waals surface area (Å²) >= 11 is 0. The van der Waals surface area contributed by atoms with Gasteiger partial charge in [-0.1, -0.05) is 172 Å². The summed E-state index contributed by atoms with van der Waals surface area (Å²) in [5.41, 5.74) is 0. The fourth-order valence-electron chi connectivity index (χ4n) is 0.354. The summed E-state index contributed by atoms with van der Waals surface area (Å²) in [6.07, 6.45) is 8.67. The Labute approximate surface area is 204 Å². The van der Waals surface area contributed by atoms with Gasteiger partial charge in [0.2, 0.25) is 0 Å². The summed E-state index contributed by atoms with van der Waals surface area (Å²) in [5, 5.41) is 0. The molecule has 0 amide bonds. The minimum absolute atomic E-state index is 0. The normalized spacial score (nSPS) is 4.79. The lowest BCUT2D eigenvalue weighted by Crippen LogP contribution is -1.59. The quantitative estimate of drug-likeness (QED) is 0.373. The van der Waals surface area contributed by atoms with Crippen molar-refractivity contribution in [3.8, 4) is 12.3 Å². The van der Waals surface area contributed by atoms with Gasteiger partial charge in [0.1, 0.15) is 0 Å². The molecule has 0 aromatic rings. The Morgan fingerprint density at radius 1 is 0.464 bits per heavy atom. The van der Waals surface area contributed by atoms with Crippen molar-refractivity contribution in [1.82, 2.24) is 0 Å². The second-order valence-electron chi connectivity index (χ2n) is 1.64. The highest BCUT2D eigenvalue weighted by Gasteiger charge is 1.68. The Morgan fingerprint density at radius 2 is 0.536 bits per heavy atom. The zero-order valence-electron chi connectivity index (χ0n) is 32.2. The third-order valence-electron chi connectivity index (χ3n) is 0.707. The smallest absolute Gasteiger partial charge is 0 e. The molecule has 0 aliphatic heterocycles. The highest BCUT2D eigenvalue weighted by molar-refractivity contribution is 4.73. The summed E-state index contributed by atoms with van der Waals surface area (Å²) in [6.45, 7) is 46.1. The fourth-order valence-corrected chi connectivity index (χ4v) is 0.354. The monoisotopic (exact) mass is 443 g/mol. The molecule has 0 spiro atoms. The van der Waals surface area contributed by atoms with Crippen LogP contribution in [0.2, 0.25) is 0 Å². The van der Waals surface area contributed by atoms with E-state index in [1.165, 1.54) is 19.3 Å². The first-order chi connectivity index (χ1) is 16.8. The number of hydrogen-bond donors (Lipinski definition) is 0. The molecule has 0 bridgehead atoms. The van der Waals surface area contributed by atoms with Crippen LogP contribution in [0, 0.1) is 12.3 Å². The van der Waals surface area contributed by atoms with E-state index >= 15 is 0 Å². The first-order valence-electron chi connectivity index (χ1n) is 16.2. The first kappa shape index (κ1) is 56.4. The van der Waals surface area contributed by atoms with Crippen LogP contribution < -0.4 is 0 Å². The molecule has 0 aromatic carbocycles. The van der Waals surface area contributed by atoms with Crippen LogP contribution >= 0.6 is 0 Å². The summed E-state index contributed by atoms with van der Waals surface area (Å²) in [7, 11) is 0. The van der Waals surface area contributed by atoms with Crippen LogP contribution in [0.3, 0.4) is 0 Å². The lowest BCUT2D eigenvalue weighted by Gasteiger charge is -1.79. The molecule has 0 aromatic heterocycles. The van der Waals surface area contributed by atoms with E-state index in [9.17, 15) is 0 Å². The van der Waals surface area contributed by atoms with E-state index in [1.807, 2.05) is 138 Å². The molecule has 0 aliphatic rings. The standard InChI is InChI=1S/C5H12.C3H4.10C2H6.6H2/c1-3-5-4-2;1-3-2;10*1-2;;;;;;/h3-5H2,1-2H3;1H,2H3;10*1-2H3;6*1H/i;;;;;;;;;;;;3*1+2T;3*1+2. The van der Waals surface area contributed by atoms with Crippen LogP contribution in [0.4, 0.5) is 0 Å². The molecule has 0 N–H and O–H groups in total. The molecule has 28 heavy (non-hydrogen) atoms. The number of unbranched alkanes of at least 4 members (excludes halogenated alkanes) is 2. The summed E-state index contributed by atoms with van der Waals surface area (Å²) in [4.78, 5) is 0. The van der Waals surface area contributed by atoms with E-state index in [4.69, 9.17) is 8.91 Å². The van der Waals surface area contributed by atoms with Gasteiger partial charge in [0, 0.05) is 13.2 Å². The minimum Gasteiger partial charge on any atom is -0.120 e. The third kappa shape index (κ3) is 6340. The van der Waals surface area contributed by atoms with Crippen LogP contribution in [0.25, 0.3) is 0 Å². The van der Waals surface area contributed by atoms with Crippen molar-refractivity contribution >= 4 is 0 Å². The molecule has 0 unspecified atom stereocenters. The van der Waals surface area contributed by atoms with Gasteiger partial charge in [0.15, 0.2) is 0 Å². The third-order valence-corrected chi connectivity index (χ3v) is 0.707. The molecule has 0 nitrogen and oxygen atoms in total. The zero-order valence-corrected chi connectivity index (χ0v) is 26.2. The van der Waals surface area contributed by atoms with Crippen LogP contribution in [-0.2, 0) is 0 Å². The summed E-state index contributed by atoms with van der Waals surface area (Å²) in [6, 6.07) is 0. The SMILES string of the molecule is C#CC.CC.CC.CC.CC.CC.CC.CC.CC.CC.CC.CCCCC.[3HH].[3HH].[3HH].[3H][3H].[3H][3H].[3H][3H]. The average molecular weight is 443 g/mol. The topological polar surface area (TPSA) is 0 Å². The lowest BCUT2D eigenvalue weighted by molar-refractivity contribution is 0.772. The molecule has 0 saturated carbocycles. The molecule has 0 heterocycles. The summed E-state index contributed by atoms with van der Waals surface area (Å²) < 4.78 is 30.0. The molecule has 0 fully saturated rings. The Balaban J connectivity index is -0.00000000659. The number of terminal acetylenes is 1. The van der Waals surface area contributed by atoms with Crippen molar-refractivity contribution in [3.63, 3.8) is 0 Å². The number of rotatable bonds is 2. The maximum absolute atomic E-state index is 5.00. The van der Waals surface area contributed by atoms with E-state index in [1.54, 1.807) is 6.92 Å². The highest BCUT2D eigenvalue weighted by Crippen LogP contribution is 1.88. The Kier molecular flexibility index (Phi) is 2760. The molecule has 0 radical (unpaired) electrons. The van der Waals surface area contributed by atoms with Crippen molar-refractivity contribution in [2.24, 2.45) is 0 Å². The van der Waals surface area contributed by atoms with Crippen LogP contribution in [0.5, 0.6) is 0 Å². The van der Waals surface area contributed by atoms with Crippen LogP contribution in [-0.4, -0.2) is 0 Å². The lowest BCUT2D eigenvalue weighted by atomic mass is 10.3. The van der Waals surface area contributed by atoms with Gasteiger partial charge in [-0.25, -0.2) is 0 Å². The van der Waals surface area contributed by atoms with E-state index in [0.29, 0.717) is 0 Å². The Bertz CT molecular complexity index is 75.2. The second kappa shape index (κ2) is 1370. The van der Waals surface area contributed by atoms with Crippen molar-refractivity contribution in [3.05, 3.63) is 0 Å². The molecule has 0 heteroatoms. The molecule has 0 aliphatic carbocycles. The van der Waals surface area contributed by atoms with Crippen molar-refractivity contribution < 1.29 is 13.2 Å². The molecule has 0 atom stereocenters. The van der Waals surface area contributed by atoms with Crippen molar-refractivity contribution in [2.75, 3.05) is 0 Å². The van der Waals surface area contributed by atoms with E-state index in [2.05, 4.69) is 26.2 Å². The van der Waals surface area contributed by atoms with Crippen molar-refractivity contribution in [1.29, 1.82) is 0 Å². The van der Waals surface area contributed by atoms with Crippen LogP contribution in [0.1, 0.15) is 192 Å². The highest BCUT2D eigenvalue weighted by atomic mass is 13.7. The van der Waals surface area contributed by atoms with Gasteiger partial charge in [-0.2, -0.15) is 0 Å². The molecule has 0 rings (SSSR count). The second-order valence-corrected chi connectivity index (χ2v) is 1.64. The van der Waals surface area contributed by atoms with Crippen molar-refractivity contribution in [2.45, 2.75) is 179 Å². The Morgan fingerprint density at radius 3 is 0.536 bits per heavy atom. The molecule has 200 valence electrons. The Hall–Kier alpha value is -0.440. The predicted molar refractivity (Wildman–Crippen MR) is 166 cm³/mol. The van der Waals surface area contributed by atoms with Gasteiger partial charge in [-0.05, 0) is 6.92 Å². The van der Waals surface area contributed by atoms with Gasteiger partial charge in [-0.3, -0.25) is 0 Å². The number of hydrogen-bond acceptors (Lipinski definition) is 0. The van der Waals surface area contributed by atoms with Gasteiger partial charge in [-0.15, -0.1) is 12.3 Å². The molecular formula is C28H88. The molecule has 0 saturated heterocycles. The predicted octanol–water partition coefficient (Wildman–Crippen LogP) is 14.6. The fraction of sp³-hybridized carbons (Fsp3) is 0.929. The van der Waals surface area contributed by atoms with Crippen LogP contribution in [0.15, 0.2) is 0 Å². The zero-order chi connectivity index (χ0) is 32.8. The minimum atomic E-state index is 0. The maximum atomic E-state index is 5.00. The van der Waals surface area contributed by atoms with Gasteiger partial charge < -0.3 is 0 Å². The van der Waals surface area contributed by atoms with E-state index < -0.39 is 0 Å². The largest absolute Gasteiger partial charge is 0.120 e. The van der Waals surface area contributed by atoms with Gasteiger partial charge >= 0.3 is 0 Å². The van der Waals surface area contributed by atoms with Gasteiger partial charge in [0.25, 0.3) is 0 Å². The average Bonchev–Trinajstić information content (AvgIpc) is 3.03. The van der Waals surface area contributed by atoms with Gasteiger partial charge in [0.05, 0.1) is 0 Å². The summed E-state index contributed by atoms with van der Waals surface area (Å²) in [5.74, 6) is 2.25. The van der Waals surface area contributed by atoms with E-state index in [-0.39, 0.29) is 4.28 Å². The van der Waals surface area contributed by atoms with E-state index in [0.717, 1.165) is 0 Å². The first-order valence-corrected chi connectivity index (χ1v) is 13.2. The maximum Gasteiger partial charge on any atom is 0 e. The molecular weight excluding hydrogens is 336 g/mol.